The fraction of sp³-hybridized carbons (Fsp3) is 1.00. The van der Waals surface area contributed by atoms with Crippen molar-refractivity contribution in [2.75, 3.05) is 13.2 Å². The van der Waals surface area contributed by atoms with Gasteiger partial charge in [0.15, 0.2) is 0 Å². The predicted molar refractivity (Wildman–Crippen MR) is 56.1 cm³/mol. The maximum Gasteiger partial charge on any atom is 0.0623 e. The van der Waals surface area contributed by atoms with Crippen molar-refractivity contribution in [1.82, 2.24) is 0 Å². The summed E-state index contributed by atoms with van der Waals surface area (Å²) in [7, 11) is 0. The zero-order valence-electron chi connectivity index (χ0n) is 9.17. The number of aliphatic hydroxyl groups is 1. The van der Waals surface area contributed by atoms with Gasteiger partial charge in [0.2, 0.25) is 0 Å². The van der Waals surface area contributed by atoms with Gasteiger partial charge in [0, 0.05) is 13.2 Å². The van der Waals surface area contributed by atoms with E-state index in [-0.39, 0.29) is 11.5 Å². The molecule has 2 heteroatoms. The van der Waals surface area contributed by atoms with E-state index in [4.69, 9.17) is 4.74 Å². The van der Waals surface area contributed by atoms with Crippen LogP contribution in [-0.2, 0) is 4.74 Å². The van der Waals surface area contributed by atoms with E-state index in [2.05, 4.69) is 6.92 Å². The highest BCUT2D eigenvalue weighted by molar-refractivity contribution is 4.90. The summed E-state index contributed by atoms with van der Waals surface area (Å²) in [5.74, 6) is 0.492. The Morgan fingerprint density at radius 3 is 2.36 bits per heavy atom. The van der Waals surface area contributed by atoms with Crippen molar-refractivity contribution in [2.24, 2.45) is 11.3 Å². The minimum Gasteiger partial charge on any atom is -0.392 e. The van der Waals surface area contributed by atoms with Crippen molar-refractivity contribution in [3.63, 3.8) is 0 Å². The van der Waals surface area contributed by atoms with Gasteiger partial charge in [0.25, 0.3) is 0 Å². The fourth-order valence-electron chi connectivity index (χ4n) is 3.08. The average molecular weight is 198 g/mol. The second kappa shape index (κ2) is 4.19. The molecular formula is C12H22O2. The second-order valence-corrected chi connectivity index (χ2v) is 5.26. The highest BCUT2D eigenvalue weighted by Gasteiger charge is 2.40. The Kier molecular flexibility index (Phi) is 3.13. The lowest BCUT2D eigenvalue weighted by molar-refractivity contribution is -0.0497. The Labute approximate surface area is 86.6 Å². The third kappa shape index (κ3) is 1.96. The van der Waals surface area contributed by atoms with Gasteiger partial charge in [-0.2, -0.15) is 0 Å². The van der Waals surface area contributed by atoms with Crippen molar-refractivity contribution < 1.29 is 9.84 Å². The van der Waals surface area contributed by atoms with Crippen molar-refractivity contribution in [3.8, 4) is 0 Å². The molecule has 1 saturated heterocycles. The minimum atomic E-state index is -0.0890. The summed E-state index contributed by atoms with van der Waals surface area (Å²) < 4.78 is 5.33. The highest BCUT2D eigenvalue weighted by Crippen LogP contribution is 2.44. The summed E-state index contributed by atoms with van der Waals surface area (Å²) in [4.78, 5) is 0. The topological polar surface area (TPSA) is 29.5 Å². The van der Waals surface area contributed by atoms with Gasteiger partial charge in [-0.25, -0.2) is 0 Å². The van der Waals surface area contributed by atoms with Gasteiger partial charge < -0.3 is 9.84 Å². The molecule has 1 unspecified atom stereocenters. The van der Waals surface area contributed by atoms with Crippen LogP contribution in [-0.4, -0.2) is 24.4 Å². The smallest absolute Gasteiger partial charge is 0.0623 e. The Balaban J connectivity index is 1.95. The molecule has 0 bridgehead atoms. The number of rotatable bonds is 2. The Bertz CT molecular complexity index is 179. The minimum absolute atomic E-state index is 0.0890. The predicted octanol–water partition coefficient (Wildman–Crippen LogP) is 2.35. The normalized spacial score (nSPS) is 30.4. The average Bonchev–Trinajstić information content (AvgIpc) is 2.67. The van der Waals surface area contributed by atoms with Crippen LogP contribution in [0.5, 0.6) is 0 Å². The lowest BCUT2D eigenvalue weighted by atomic mass is 9.74. The van der Waals surface area contributed by atoms with Crippen LogP contribution in [0, 0.1) is 11.3 Å². The monoisotopic (exact) mass is 198 g/mol. The van der Waals surface area contributed by atoms with Crippen LogP contribution in [0.1, 0.15) is 45.4 Å². The molecule has 0 amide bonds. The van der Waals surface area contributed by atoms with Crippen molar-refractivity contribution in [2.45, 2.75) is 51.6 Å². The van der Waals surface area contributed by atoms with Gasteiger partial charge in [-0.15, -0.1) is 0 Å². The van der Waals surface area contributed by atoms with E-state index in [9.17, 15) is 5.11 Å². The van der Waals surface area contributed by atoms with Gasteiger partial charge in [-0.05, 0) is 37.0 Å². The van der Waals surface area contributed by atoms with E-state index in [1.165, 1.54) is 25.7 Å². The van der Waals surface area contributed by atoms with Crippen LogP contribution in [0.4, 0.5) is 0 Å². The molecule has 1 aliphatic heterocycles. The number of aliphatic hydroxyl groups excluding tert-OH is 1. The van der Waals surface area contributed by atoms with Crippen LogP contribution in [0.2, 0.25) is 0 Å². The lowest BCUT2D eigenvalue weighted by Crippen LogP contribution is -2.38. The van der Waals surface area contributed by atoms with Crippen LogP contribution in [0.25, 0.3) is 0 Å². The van der Waals surface area contributed by atoms with E-state index in [0.29, 0.717) is 5.92 Å². The first-order chi connectivity index (χ1) is 6.72. The lowest BCUT2D eigenvalue weighted by Gasteiger charge is -2.37. The molecule has 1 aliphatic carbocycles. The molecule has 1 heterocycles. The molecule has 0 aromatic carbocycles. The first kappa shape index (κ1) is 10.4. The Morgan fingerprint density at radius 1 is 1.21 bits per heavy atom. The summed E-state index contributed by atoms with van der Waals surface area (Å²) in [6, 6.07) is 0. The van der Waals surface area contributed by atoms with Gasteiger partial charge in [0.05, 0.1) is 6.10 Å². The van der Waals surface area contributed by atoms with Crippen LogP contribution in [0.15, 0.2) is 0 Å². The number of hydrogen-bond donors (Lipinski definition) is 1. The SMILES string of the molecule is CC1(C(O)C2CCOCC2)CCCC1. The summed E-state index contributed by atoms with van der Waals surface area (Å²) in [5.41, 5.74) is 0.210. The van der Waals surface area contributed by atoms with Gasteiger partial charge in [-0.1, -0.05) is 19.8 Å². The maximum absolute atomic E-state index is 10.4. The molecule has 0 aromatic heterocycles. The number of hydrogen-bond acceptors (Lipinski definition) is 2. The molecule has 0 aromatic rings. The molecule has 14 heavy (non-hydrogen) atoms. The molecule has 0 radical (unpaired) electrons. The summed E-state index contributed by atoms with van der Waals surface area (Å²) in [6.07, 6.45) is 7.05. The largest absolute Gasteiger partial charge is 0.392 e. The summed E-state index contributed by atoms with van der Waals surface area (Å²) >= 11 is 0. The summed E-state index contributed by atoms with van der Waals surface area (Å²) in [5, 5.41) is 10.4. The van der Waals surface area contributed by atoms with E-state index < -0.39 is 0 Å². The summed E-state index contributed by atoms with van der Waals surface area (Å²) in [6.45, 7) is 3.95. The molecule has 2 fully saturated rings. The molecule has 2 nitrogen and oxygen atoms in total. The Hall–Kier alpha value is -0.0800. The molecule has 2 rings (SSSR count). The van der Waals surface area contributed by atoms with Crippen LogP contribution in [0.3, 0.4) is 0 Å². The third-order valence-electron chi connectivity index (χ3n) is 4.17. The quantitative estimate of drug-likeness (QED) is 0.738. The second-order valence-electron chi connectivity index (χ2n) is 5.26. The van der Waals surface area contributed by atoms with Gasteiger partial charge >= 0.3 is 0 Å². The molecule has 1 atom stereocenters. The van der Waals surface area contributed by atoms with Crippen molar-refractivity contribution in [1.29, 1.82) is 0 Å². The zero-order chi connectivity index (χ0) is 10.0. The molecular weight excluding hydrogens is 176 g/mol. The van der Waals surface area contributed by atoms with E-state index in [1.54, 1.807) is 0 Å². The van der Waals surface area contributed by atoms with E-state index >= 15 is 0 Å². The van der Waals surface area contributed by atoms with Crippen molar-refractivity contribution >= 4 is 0 Å². The van der Waals surface area contributed by atoms with E-state index in [1.807, 2.05) is 0 Å². The van der Waals surface area contributed by atoms with Crippen LogP contribution < -0.4 is 0 Å². The Morgan fingerprint density at radius 2 is 1.79 bits per heavy atom. The first-order valence-corrected chi connectivity index (χ1v) is 5.98. The molecule has 0 spiro atoms. The number of ether oxygens (including phenoxy) is 1. The van der Waals surface area contributed by atoms with Crippen molar-refractivity contribution in [3.05, 3.63) is 0 Å². The third-order valence-corrected chi connectivity index (χ3v) is 4.17. The fourth-order valence-corrected chi connectivity index (χ4v) is 3.08. The standard InChI is InChI=1S/C12H22O2/c1-12(6-2-3-7-12)11(13)10-4-8-14-9-5-10/h10-11,13H,2-9H2,1H3. The molecule has 1 saturated carbocycles. The first-order valence-electron chi connectivity index (χ1n) is 5.98. The molecule has 82 valence electrons. The van der Waals surface area contributed by atoms with E-state index in [0.717, 1.165) is 26.1 Å². The zero-order valence-corrected chi connectivity index (χ0v) is 9.17. The van der Waals surface area contributed by atoms with Gasteiger partial charge in [0.1, 0.15) is 0 Å². The maximum atomic E-state index is 10.4. The molecule has 1 N–H and O–H groups in total. The highest BCUT2D eigenvalue weighted by atomic mass is 16.5. The van der Waals surface area contributed by atoms with Crippen LogP contribution >= 0.6 is 0 Å². The molecule has 2 aliphatic rings. The van der Waals surface area contributed by atoms with Gasteiger partial charge in [-0.3, -0.25) is 0 Å².